The van der Waals surface area contributed by atoms with Gasteiger partial charge in [0, 0.05) is 0 Å². The third kappa shape index (κ3) is 4.97. The number of nitrogens with one attached hydrogen (secondary N) is 1. The van der Waals surface area contributed by atoms with Crippen molar-refractivity contribution in [3.63, 3.8) is 0 Å². The highest BCUT2D eigenvalue weighted by Crippen LogP contribution is 2.36. The van der Waals surface area contributed by atoms with Crippen molar-refractivity contribution < 1.29 is 19.1 Å². The highest BCUT2D eigenvalue weighted by Gasteiger charge is 2.35. The molecule has 3 rings (SSSR count). The molecule has 0 unspecified atom stereocenters. The largest absolute Gasteiger partial charge is 0.490 e. The zero-order chi connectivity index (χ0) is 22.7. The van der Waals surface area contributed by atoms with E-state index in [2.05, 4.69) is 27.9 Å². The fraction of sp³-hybridized carbons (Fsp3) is 0.190. The topological polar surface area (TPSA) is 67.9 Å². The predicted molar refractivity (Wildman–Crippen MR) is 134 cm³/mol. The molecule has 162 valence electrons. The van der Waals surface area contributed by atoms with Gasteiger partial charge in [0.15, 0.2) is 16.6 Å². The zero-order valence-corrected chi connectivity index (χ0v) is 21.0. The van der Waals surface area contributed by atoms with E-state index in [1.807, 2.05) is 13.8 Å². The van der Waals surface area contributed by atoms with Crippen LogP contribution in [0, 0.1) is 3.57 Å². The summed E-state index contributed by atoms with van der Waals surface area (Å²) < 4.78 is 12.1. The number of rotatable bonds is 6. The molecule has 2 amide bonds. The Bertz CT molecular complexity index is 1110. The Morgan fingerprint density at radius 3 is 2.55 bits per heavy atom. The minimum atomic E-state index is -0.611. The van der Waals surface area contributed by atoms with E-state index in [4.69, 9.17) is 44.9 Å². The van der Waals surface area contributed by atoms with Crippen LogP contribution in [0.15, 0.2) is 35.9 Å². The molecule has 1 aliphatic heterocycles. The number of amides is 2. The molecule has 1 aliphatic rings. The van der Waals surface area contributed by atoms with Crippen LogP contribution < -0.4 is 19.7 Å². The Labute approximate surface area is 208 Å². The predicted octanol–water partition coefficient (Wildman–Crippen LogP) is 5.23. The number of hydrogen-bond acceptors (Lipinski definition) is 5. The monoisotopic (exact) mass is 590 g/mol. The molecule has 1 N–H and O–H groups in total. The van der Waals surface area contributed by atoms with Gasteiger partial charge in [0.1, 0.15) is 5.57 Å². The second kappa shape index (κ2) is 10.2. The first-order chi connectivity index (χ1) is 14.8. The summed E-state index contributed by atoms with van der Waals surface area (Å²) in [5, 5.41) is 2.88. The van der Waals surface area contributed by atoms with Gasteiger partial charge in [-0.25, -0.2) is 0 Å². The summed E-state index contributed by atoms with van der Waals surface area (Å²) in [5.74, 6) is -0.0805. The summed E-state index contributed by atoms with van der Waals surface area (Å²) in [6.45, 7) is 4.65. The number of thiocarbonyl (C=S) groups is 1. The Kier molecular flexibility index (Phi) is 7.79. The third-order valence-corrected chi connectivity index (χ3v) is 6.10. The molecular weight excluding hydrogens is 574 g/mol. The SMILES string of the molecule is CCOc1cc(/C=C2\C(=O)NC(=S)N(c3cccc(Cl)c3Cl)C2=O)cc(I)c1OCC. The van der Waals surface area contributed by atoms with E-state index in [0.29, 0.717) is 30.3 Å². The maximum atomic E-state index is 13.2. The molecule has 0 saturated carbocycles. The summed E-state index contributed by atoms with van der Waals surface area (Å²) in [6.07, 6.45) is 1.48. The van der Waals surface area contributed by atoms with Gasteiger partial charge >= 0.3 is 0 Å². The van der Waals surface area contributed by atoms with Gasteiger partial charge in [-0.15, -0.1) is 0 Å². The minimum Gasteiger partial charge on any atom is -0.490 e. The standard InChI is InChI=1S/C21H17Cl2IN2O4S/c1-3-29-16-10-11(9-14(24)18(16)30-4-2)8-12-19(27)25-21(31)26(20(12)28)15-7-5-6-13(22)17(15)23/h5-10H,3-4H2,1-2H3,(H,25,27,31)/b12-8+. The van der Waals surface area contributed by atoms with Crippen LogP contribution in [0.5, 0.6) is 11.5 Å². The quantitative estimate of drug-likeness (QED) is 0.216. The first-order valence-corrected chi connectivity index (χ1v) is 11.5. The molecule has 1 heterocycles. The summed E-state index contributed by atoms with van der Waals surface area (Å²) in [6, 6.07) is 8.35. The maximum absolute atomic E-state index is 13.2. The number of nitrogens with zero attached hydrogens (tertiary/aromatic N) is 1. The van der Waals surface area contributed by atoms with E-state index in [0.717, 1.165) is 8.47 Å². The van der Waals surface area contributed by atoms with Crippen LogP contribution >= 0.6 is 58.0 Å². The lowest BCUT2D eigenvalue weighted by molar-refractivity contribution is -0.122. The number of halogens is 3. The lowest BCUT2D eigenvalue weighted by atomic mass is 10.1. The number of carbonyl (C=O) groups excluding carboxylic acids is 2. The fourth-order valence-corrected chi connectivity index (χ4v) is 4.36. The number of hydrogen-bond donors (Lipinski definition) is 1. The second-order valence-electron chi connectivity index (χ2n) is 6.23. The first-order valence-electron chi connectivity index (χ1n) is 9.23. The fourth-order valence-electron chi connectivity index (χ4n) is 2.93. The van der Waals surface area contributed by atoms with Crippen LogP contribution in [0.1, 0.15) is 19.4 Å². The molecule has 0 bridgehead atoms. The van der Waals surface area contributed by atoms with Crippen LogP contribution in [0.2, 0.25) is 10.0 Å². The van der Waals surface area contributed by atoms with Crippen LogP contribution in [0.3, 0.4) is 0 Å². The van der Waals surface area contributed by atoms with Crippen LogP contribution in [0.25, 0.3) is 6.08 Å². The van der Waals surface area contributed by atoms with E-state index < -0.39 is 11.8 Å². The van der Waals surface area contributed by atoms with Gasteiger partial charge in [0.2, 0.25) is 0 Å². The van der Waals surface area contributed by atoms with Crippen LogP contribution in [-0.2, 0) is 9.59 Å². The highest BCUT2D eigenvalue weighted by atomic mass is 127. The number of carbonyl (C=O) groups is 2. The van der Waals surface area contributed by atoms with Crippen molar-refractivity contribution in [2.45, 2.75) is 13.8 Å². The minimum absolute atomic E-state index is 0.0763. The molecule has 0 aliphatic carbocycles. The van der Waals surface area contributed by atoms with E-state index in [-0.39, 0.29) is 26.4 Å². The van der Waals surface area contributed by atoms with E-state index >= 15 is 0 Å². The molecule has 31 heavy (non-hydrogen) atoms. The van der Waals surface area contributed by atoms with E-state index in [1.165, 1.54) is 6.08 Å². The van der Waals surface area contributed by atoms with Gasteiger partial charge in [-0.2, -0.15) is 0 Å². The van der Waals surface area contributed by atoms with Crippen molar-refractivity contribution in [2.75, 3.05) is 18.1 Å². The third-order valence-electron chi connectivity index (χ3n) is 4.21. The van der Waals surface area contributed by atoms with Gasteiger partial charge in [-0.05, 0) is 84.6 Å². The van der Waals surface area contributed by atoms with Crippen molar-refractivity contribution in [2.24, 2.45) is 0 Å². The van der Waals surface area contributed by atoms with Gasteiger partial charge in [0.25, 0.3) is 11.8 Å². The molecule has 1 fully saturated rings. The van der Waals surface area contributed by atoms with Crippen molar-refractivity contribution in [1.82, 2.24) is 5.32 Å². The first kappa shape index (κ1) is 23.8. The van der Waals surface area contributed by atoms with Crippen molar-refractivity contribution in [1.29, 1.82) is 0 Å². The van der Waals surface area contributed by atoms with Gasteiger partial charge < -0.3 is 9.47 Å². The zero-order valence-electron chi connectivity index (χ0n) is 16.5. The normalized spacial score (nSPS) is 15.3. The lowest BCUT2D eigenvalue weighted by Crippen LogP contribution is -2.54. The summed E-state index contributed by atoms with van der Waals surface area (Å²) in [4.78, 5) is 27.0. The molecule has 0 atom stereocenters. The highest BCUT2D eigenvalue weighted by molar-refractivity contribution is 14.1. The average molecular weight is 591 g/mol. The molecule has 0 radical (unpaired) electrons. The summed E-state index contributed by atoms with van der Waals surface area (Å²) >= 11 is 19.7. The average Bonchev–Trinajstić information content (AvgIpc) is 2.71. The van der Waals surface area contributed by atoms with Gasteiger partial charge in [-0.1, -0.05) is 29.3 Å². The van der Waals surface area contributed by atoms with Crippen LogP contribution in [0.4, 0.5) is 5.69 Å². The molecule has 6 nitrogen and oxygen atoms in total. The lowest BCUT2D eigenvalue weighted by Gasteiger charge is -2.29. The second-order valence-corrected chi connectivity index (χ2v) is 8.56. The molecule has 2 aromatic rings. The Hall–Kier alpha value is -1.88. The molecule has 10 heteroatoms. The smallest absolute Gasteiger partial charge is 0.270 e. The molecular formula is C21H17Cl2IN2O4S. The molecule has 2 aromatic carbocycles. The van der Waals surface area contributed by atoms with E-state index in [9.17, 15) is 9.59 Å². The molecule has 1 saturated heterocycles. The van der Waals surface area contributed by atoms with Gasteiger partial charge in [-0.3, -0.25) is 19.8 Å². The summed E-state index contributed by atoms with van der Waals surface area (Å²) in [5.41, 5.74) is 0.776. The van der Waals surface area contributed by atoms with Crippen molar-refractivity contribution in [3.8, 4) is 11.5 Å². The number of anilines is 1. The molecule has 0 aromatic heterocycles. The Morgan fingerprint density at radius 1 is 1.16 bits per heavy atom. The van der Waals surface area contributed by atoms with Crippen LogP contribution in [-0.4, -0.2) is 30.1 Å². The molecule has 0 spiro atoms. The maximum Gasteiger partial charge on any atom is 0.270 e. The van der Waals surface area contributed by atoms with E-state index in [1.54, 1.807) is 30.3 Å². The van der Waals surface area contributed by atoms with Crippen molar-refractivity contribution in [3.05, 3.63) is 55.1 Å². The number of ether oxygens (including phenoxy) is 2. The van der Waals surface area contributed by atoms with Crippen molar-refractivity contribution >= 4 is 86.7 Å². The number of benzene rings is 2. The Morgan fingerprint density at radius 2 is 1.87 bits per heavy atom. The summed E-state index contributed by atoms with van der Waals surface area (Å²) in [7, 11) is 0. The Balaban J connectivity index is 2.07. The van der Waals surface area contributed by atoms with Gasteiger partial charge in [0.05, 0.1) is 32.5 Å².